The zero-order valence-electron chi connectivity index (χ0n) is 16.7. The average molecular weight is 415 g/mol. The van der Waals surface area contributed by atoms with E-state index in [-0.39, 0.29) is 12.6 Å². The maximum atomic E-state index is 13.6. The van der Waals surface area contributed by atoms with Crippen LogP contribution in [0.1, 0.15) is 10.4 Å². The number of amides is 1. The Kier molecular flexibility index (Phi) is 4.63. The first-order valence-electron chi connectivity index (χ1n) is 9.67. The summed E-state index contributed by atoms with van der Waals surface area (Å²) in [6.07, 6.45) is 5.60. The van der Waals surface area contributed by atoms with Crippen molar-refractivity contribution < 1.29 is 18.7 Å². The summed E-state index contributed by atoms with van der Waals surface area (Å²) in [5.74, 6) is 0.851. The van der Waals surface area contributed by atoms with Crippen LogP contribution in [0, 0.1) is 5.82 Å². The highest BCUT2D eigenvalue weighted by Gasteiger charge is 2.27. The fraction of sp³-hybridized carbons (Fsp3) is 0.0833. The first kappa shape index (κ1) is 18.9. The topological polar surface area (TPSA) is 56.6 Å². The predicted octanol–water partition coefficient (Wildman–Crippen LogP) is 5.02. The second-order valence-corrected chi connectivity index (χ2v) is 7.19. The van der Waals surface area contributed by atoms with E-state index in [1.54, 1.807) is 42.6 Å². The van der Waals surface area contributed by atoms with E-state index in [2.05, 4.69) is 4.98 Å². The summed E-state index contributed by atoms with van der Waals surface area (Å²) in [4.78, 5) is 18.8. The largest absolute Gasteiger partial charge is 0.472 e. The SMILES string of the molecule is Cn1ccc(-c2cc(Oc3ccc4c(c3)C(=O)N(c3cccc(F)c3)CO4)ccn2)c1. The number of hydrogen-bond donors (Lipinski definition) is 0. The molecule has 6 nitrogen and oxygen atoms in total. The van der Waals surface area contributed by atoms with Crippen molar-refractivity contribution in [2.45, 2.75) is 0 Å². The van der Waals surface area contributed by atoms with Gasteiger partial charge in [-0.1, -0.05) is 6.07 Å². The lowest BCUT2D eigenvalue weighted by atomic mass is 10.1. The highest BCUT2D eigenvalue weighted by Crippen LogP contribution is 2.33. The summed E-state index contributed by atoms with van der Waals surface area (Å²) >= 11 is 0. The molecule has 0 saturated carbocycles. The number of ether oxygens (including phenoxy) is 2. The van der Waals surface area contributed by atoms with Gasteiger partial charge < -0.3 is 14.0 Å². The van der Waals surface area contributed by atoms with Crippen LogP contribution >= 0.6 is 0 Å². The number of hydrogen-bond acceptors (Lipinski definition) is 4. The van der Waals surface area contributed by atoms with Crippen LogP contribution in [0.2, 0.25) is 0 Å². The molecule has 0 atom stereocenters. The van der Waals surface area contributed by atoms with Gasteiger partial charge in [-0.25, -0.2) is 4.39 Å². The number of nitrogens with zero attached hydrogens (tertiary/aromatic N) is 3. The lowest BCUT2D eigenvalue weighted by Gasteiger charge is -2.29. The minimum atomic E-state index is -0.417. The molecule has 0 unspecified atom stereocenters. The van der Waals surface area contributed by atoms with Gasteiger partial charge in [-0.2, -0.15) is 0 Å². The third kappa shape index (κ3) is 3.73. The number of pyridine rings is 1. The molecule has 0 spiro atoms. The van der Waals surface area contributed by atoms with Crippen molar-refractivity contribution in [1.82, 2.24) is 9.55 Å². The molecule has 3 heterocycles. The maximum absolute atomic E-state index is 13.6. The zero-order chi connectivity index (χ0) is 21.4. The van der Waals surface area contributed by atoms with Crippen LogP contribution in [0.4, 0.5) is 10.1 Å². The van der Waals surface area contributed by atoms with Gasteiger partial charge in [-0.3, -0.25) is 14.7 Å². The summed E-state index contributed by atoms with van der Waals surface area (Å²) in [6, 6.07) is 16.5. The predicted molar refractivity (Wildman–Crippen MR) is 114 cm³/mol. The lowest BCUT2D eigenvalue weighted by molar-refractivity contribution is 0.0936. The molecule has 7 heteroatoms. The number of aromatic nitrogens is 2. The van der Waals surface area contributed by atoms with Gasteiger partial charge in [0.25, 0.3) is 5.91 Å². The number of fused-ring (bicyclic) bond motifs is 1. The van der Waals surface area contributed by atoms with Crippen LogP contribution in [0.3, 0.4) is 0 Å². The van der Waals surface area contributed by atoms with Crippen LogP contribution in [0.5, 0.6) is 17.2 Å². The molecule has 0 radical (unpaired) electrons. The molecule has 0 fully saturated rings. The van der Waals surface area contributed by atoms with E-state index in [1.165, 1.54) is 17.0 Å². The lowest BCUT2D eigenvalue weighted by Crippen LogP contribution is -2.38. The molecule has 1 amide bonds. The second-order valence-electron chi connectivity index (χ2n) is 7.19. The monoisotopic (exact) mass is 415 g/mol. The molecule has 2 aromatic heterocycles. The summed E-state index contributed by atoms with van der Waals surface area (Å²) in [5, 5.41) is 0. The second kappa shape index (κ2) is 7.60. The Bertz CT molecular complexity index is 1280. The summed E-state index contributed by atoms with van der Waals surface area (Å²) < 4.78 is 27.2. The number of halogens is 1. The average Bonchev–Trinajstić information content (AvgIpc) is 3.21. The summed E-state index contributed by atoms with van der Waals surface area (Å²) in [6.45, 7) is 0.0142. The number of rotatable bonds is 4. The molecule has 1 aliphatic heterocycles. The molecular weight excluding hydrogens is 397 g/mol. The number of carbonyl (C=O) groups excluding carboxylic acids is 1. The third-order valence-electron chi connectivity index (χ3n) is 4.99. The van der Waals surface area contributed by atoms with Gasteiger partial charge in [-0.15, -0.1) is 0 Å². The van der Waals surface area contributed by atoms with Crippen molar-refractivity contribution >= 4 is 11.6 Å². The smallest absolute Gasteiger partial charge is 0.264 e. The van der Waals surface area contributed by atoms with Gasteiger partial charge in [0, 0.05) is 37.3 Å². The van der Waals surface area contributed by atoms with E-state index < -0.39 is 5.82 Å². The van der Waals surface area contributed by atoms with Gasteiger partial charge in [-0.05, 0) is 48.5 Å². The summed E-state index contributed by atoms with van der Waals surface area (Å²) in [5.41, 5.74) is 2.55. The maximum Gasteiger partial charge on any atom is 0.264 e. The van der Waals surface area contributed by atoms with E-state index in [0.29, 0.717) is 28.5 Å². The van der Waals surface area contributed by atoms with Crippen LogP contribution in [0.25, 0.3) is 11.3 Å². The molecule has 2 aromatic carbocycles. The van der Waals surface area contributed by atoms with Crippen LogP contribution in [-0.2, 0) is 7.05 Å². The van der Waals surface area contributed by atoms with Crippen molar-refractivity contribution in [3.8, 4) is 28.5 Å². The van der Waals surface area contributed by atoms with Crippen molar-refractivity contribution in [3.05, 3.63) is 90.6 Å². The fourth-order valence-electron chi connectivity index (χ4n) is 3.46. The highest BCUT2D eigenvalue weighted by atomic mass is 19.1. The Balaban J connectivity index is 1.41. The van der Waals surface area contributed by atoms with Gasteiger partial charge in [0.2, 0.25) is 0 Å². The Hall–Kier alpha value is -4.13. The van der Waals surface area contributed by atoms with Crippen molar-refractivity contribution in [3.63, 3.8) is 0 Å². The van der Waals surface area contributed by atoms with Gasteiger partial charge >= 0.3 is 0 Å². The first-order chi connectivity index (χ1) is 15.1. The molecule has 4 aromatic rings. The van der Waals surface area contributed by atoms with E-state index in [1.807, 2.05) is 36.1 Å². The molecule has 0 saturated heterocycles. The quantitative estimate of drug-likeness (QED) is 0.470. The normalized spacial score (nSPS) is 13.0. The highest BCUT2D eigenvalue weighted by molar-refractivity contribution is 6.09. The van der Waals surface area contributed by atoms with E-state index in [0.717, 1.165) is 11.3 Å². The standard InChI is InChI=1S/C24H18FN3O3/c1-27-10-8-16(14-27)22-13-20(7-9-26-22)31-19-5-6-23-21(12-19)24(29)28(15-30-23)18-4-2-3-17(25)11-18/h2-14H,15H2,1H3. The number of carbonyl (C=O) groups is 1. The molecule has 31 heavy (non-hydrogen) atoms. The Morgan fingerprint density at radius 3 is 2.74 bits per heavy atom. The molecule has 0 N–H and O–H groups in total. The van der Waals surface area contributed by atoms with Crippen molar-refractivity contribution in [1.29, 1.82) is 0 Å². The zero-order valence-corrected chi connectivity index (χ0v) is 16.7. The number of anilines is 1. The number of aryl methyl sites for hydroxylation is 1. The Morgan fingerprint density at radius 2 is 1.94 bits per heavy atom. The molecule has 0 aliphatic carbocycles. The molecule has 1 aliphatic rings. The molecule has 5 rings (SSSR count). The molecule has 154 valence electrons. The molecule has 0 bridgehead atoms. The van der Waals surface area contributed by atoms with Crippen molar-refractivity contribution in [2.75, 3.05) is 11.6 Å². The van der Waals surface area contributed by atoms with Gasteiger partial charge in [0.05, 0.1) is 16.9 Å². The molecular formula is C24H18FN3O3. The third-order valence-corrected chi connectivity index (χ3v) is 4.99. The minimum Gasteiger partial charge on any atom is -0.472 e. The minimum absolute atomic E-state index is 0.0142. The van der Waals surface area contributed by atoms with E-state index in [4.69, 9.17) is 9.47 Å². The van der Waals surface area contributed by atoms with Crippen molar-refractivity contribution in [2.24, 2.45) is 7.05 Å². The van der Waals surface area contributed by atoms with E-state index in [9.17, 15) is 9.18 Å². The van der Waals surface area contributed by atoms with Crippen LogP contribution in [-0.4, -0.2) is 22.2 Å². The summed E-state index contributed by atoms with van der Waals surface area (Å²) in [7, 11) is 1.95. The van der Waals surface area contributed by atoms with Gasteiger partial charge in [0.15, 0.2) is 6.73 Å². The first-order valence-corrected chi connectivity index (χ1v) is 9.67. The Morgan fingerprint density at radius 1 is 1.06 bits per heavy atom. The fourth-order valence-corrected chi connectivity index (χ4v) is 3.46. The van der Waals surface area contributed by atoms with E-state index >= 15 is 0 Å². The van der Waals surface area contributed by atoms with Gasteiger partial charge in [0.1, 0.15) is 23.1 Å². The van der Waals surface area contributed by atoms with Crippen LogP contribution < -0.4 is 14.4 Å². The number of benzene rings is 2. The van der Waals surface area contributed by atoms with Crippen LogP contribution in [0.15, 0.2) is 79.3 Å². The Labute approximate surface area is 178 Å².